The third-order valence-electron chi connectivity index (χ3n) is 3.06. The van der Waals surface area contributed by atoms with E-state index in [-0.39, 0.29) is 5.60 Å². The first-order valence-corrected chi connectivity index (χ1v) is 4.54. The molecule has 0 aromatic rings. The molecule has 64 valence electrons. The molecule has 0 amide bonds. The molecule has 2 saturated heterocycles. The van der Waals surface area contributed by atoms with Crippen LogP contribution in [0.15, 0.2) is 0 Å². The van der Waals surface area contributed by atoms with Gasteiger partial charge < -0.3 is 4.74 Å². The molecule has 0 spiro atoms. The maximum atomic E-state index is 5.60. The zero-order valence-corrected chi connectivity index (χ0v) is 7.63. The summed E-state index contributed by atoms with van der Waals surface area (Å²) in [5.41, 5.74) is 0.269. The summed E-state index contributed by atoms with van der Waals surface area (Å²) in [7, 11) is 0. The Morgan fingerprint density at radius 3 is 2.82 bits per heavy atom. The van der Waals surface area contributed by atoms with Crippen molar-refractivity contribution in [1.29, 1.82) is 0 Å². The highest BCUT2D eigenvalue weighted by molar-refractivity contribution is 5.04. The number of ether oxygens (including phenoxy) is 1. The fourth-order valence-electron chi connectivity index (χ4n) is 1.88. The monoisotopic (exact) mass is 155 g/mol. The Kier molecular flexibility index (Phi) is 1.52. The molecule has 11 heavy (non-hydrogen) atoms. The molecule has 0 saturated carbocycles. The third kappa shape index (κ3) is 1.18. The van der Waals surface area contributed by atoms with Gasteiger partial charge in [-0.05, 0) is 27.2 Å². The predicted molar refractivity (Wildman–Crippen MR) is 44.6 cm³/mol. The Bertz CT molecular complexity index is 169. The summed E-state index contributed by atoms with van der Waals surface area (Å²) in [5.74, 6) is 0. The van der Waals surface area contributed by atoms with Crippen molar-refractivity contribution < 1.29 is 4.74 Å². The van der Waals surface area contributed by atoms with Crippen LogP contribution < -0.4 is 0 Å². The van der Waals surface area contributed by atoms with E-state index < -0.39 is 0 Å². The second-order valence-electron chi connectivity index (χ2n) is 4.26. The van der Waals surface area contributed by atoms with Crippen LogP contribution in [0.1, 0.15) is 27.2 Å². The number of rotatable bonds is 1. The van der Waals surface area contributed by atoms with Crippen molar-refractivity contribution in [2.45, 2.75) is 44.9 Å². The molecule has 2 unspecified atom stereocenters. The molecule has 0 aromatic carbocycles. The van der Waals surface area contributed by atoms with Crippen molar-refractivity contribution >= 4 is 0 Å². The van der Waals surface area contributed by atoms with Crippen molar-refractivity contribution in [2.75, 3.05) is 13.1 Å². The van der Waals surface area contributed by atoms with Gasteiger partial charge in [-0.2, -0.15) is 0 Å². The van der Waals surface area contributed by atoms with Crippen LogP contribution in [-0.4, -0.2) is 35.7 Å². The number of hydrogen-bond donors (Lipinski definition) is 0. The molecule has 0 radical (unpaired) electrons. The molecule has 0 N–H and O–H groups in total. The smallest absolute Gasteiger partial charge is 0.0997 e. The van der Waals surface area contributed by atoms with Crippen molar-refractivity contribution in [3.8, 4) is 0 Å². The van der Waals surface area contributed by atoms with Crippen LogP contribution in [0.3, 0.4) is 0 Å². The summed E-state index contributed by atoms with van der Waals surface area (Å²) in [4.78, 5) is 2.50. The van der Waals surface area contributed by atoms with Gasteiger partial charge in [0.1, 0.15) is 0 Å². The van der Waals surface area contributed by atoms with Crippen molar-refractivity contribution in [2.24, 2.45) is 0 Å². The lowest BCUT2D eigenvalue weighted by Crippen LogP contribution is -2.42. The van der Waals surface area contributed by atoms with E-state index in [1.165, 1.54) is 13.0 Å². The zero-order valence-electron chi connectivity index (χ0n) is 7.63. The van der Waals surface area contributed by atoms with Crippen LogP contribution in [0.2, 0.25) is 0 Å². The van der Waals surface area contributed by atoms with E-state index in [0.29, 0.717) is 12.1 Å². The van der Waals surface area contributed by atoms with E-state index >= 15 is 0 Å². The molecular formula is C9H17NO. The van der Waals surface area contributed by atoms with Gasteiger partial charge in [0.2, 0.25) is 0 Å². The average Bonchev–Trinajstić information content (AvgIpc) is 2.58. The zero-order chi connectivity index (χ0) is 8.06. The highest BCUT2D eigenvalue weighted by atomic mass is 16.6. The first-order chi connectivity index (χ1) is 5.12. The molecule has 2 heterocycles. The van der Waals surface area contributed by atoms with Crippen molar-refractivity contribution in [3.05, 3.63) is 0 Å². The quantitative estimate of drug-likeness (QED) is 0.530. The number of fused-ring (bicyclic) bond motifs is 1. The second-order valence-corrected chi connectivity index (χ2v) is 4.26. The maximum absolute atomic E-state index is 5.60. The van der Waals surface area contributed by atoms with Gasteiger partial charge in [-0.25, -0.2) is 0 Å². The summed E-state index contributed by atoms with van der Waals surface area (Å²) < 4.78 is 5.60. The van der Waals surface area contributed by atoms with Crippen LogP contribution in [0.25, 0.3) is 0 Å². The predicted octanol–water partition coefficient (Wildman–Crippen LogP) is 1.26. The summed E-state index contributed by atoms with van der Waals surface area (Å²) >= 11 is 0. The van der Waals surface area contributed by atoms with E-state index in [1.807, 2.05) is 0 Å². The molecule has 2 aliphatic rings. The largest absolute Gasteiger partial charge is 0.365 e. The van der Waals surface area contributed by atoms with Gasteiger partial charge in [0.15, 0.2) is 0 Å². The minimum Gasteiger partial charge on any atom is -0.365 e. The van der Waals surface area contributed by atoms with E-state index in [1.54, 1.807) is 0 Å². The lowest BCUT2D eigenvalue weighted by Gasteiger charge is -2.30. The molecule has 0 bridgehead atoms. The number of likely N-dealkylation sites (tertiary alicyclic amines) is 1. The lowest BCUT2D eigenvalue weighted by atomic mass is 9.98. The highest BCUT2D eigenvalue weighted by Crippen LogP contribution is 2.43. The van der Waals surface area contributed by atoms with Crippen LogP contribution in [-0.2, 0) is 4.74 Å². The molecule has 0 aliphatic carbocycles. The number of nitrogens with zero attached hydrogens (tertiary/aromatic N) is 1. The lowest BCUT2D eigenvalue weighted by molar-refractivity contribution is 0.187. The fourth-order valence-corrected chi connectivity index (χ4v) is 1.88. The van der Waals surface area contributed by atoms with E-state index in [0.717, 1.165) is 6.54 Å². The van der Waals surface area contributed by atoms with E-state index in [2.05, 4.69) is 25.7 Å². The van der Waals surface area contributed by atoms with Gasteiger partial charge in [0.25, 0.3) is 0 Å². The Hall–Kier alpha value is -0.0800. The molecule has 2 nitrogen and oxygen atoms in total. The first-order valence-electron chi connectivity index (χ1n) is 4.54. The summed E-state index contributed by atoms with van der Waals surface area (Å²) in [6, 6.07) is 0.684. The van der Waals surface area contributed by atoms with E-state index in [4.69, 9.17) is 4.74 Å². The van der Waals surface area contributed by atoms with Crippen LogP contribution in [0.4, 0.5) is 0 Å². The van der Waals surface area contributed by atoms with Gasteiger partial charge in [0, 0.05) is 19.1 Å². The molecule has 2 fully saturated rings. The minimum absolute atomic E-state index is 0.269. The summed E-state index contributed by atoms with van der Waals surface area (Å²) in [6.07, 6.45) is 1.76. The maximum Gasteiger partial charge on any atom is 0.0997 e. The number of piperidine rings is 1. The molecule has 2 heteroatoms. The topological polar surface area (TPSA) is 15.8 Å². The van der Waals surface area contributed by atoms with Gasteiger partial charge in [-0.3, -0.25) is 4.90 Å². The molecule has 2 atom stereocenters. The first kappa shape index (κ1) is 7.56. The molecule has 0 aromatic heterocycles. The Morgan fingerprint density at radius 1 is 1.55 bits per heavy atom. The third-order valence-corrected chi connectivity index (χ3v) is 3.06. The molecule has 2 rings (SSSR count). The molecular weight excluding hydrogens is 138 g/mol. The second kappa shape index (κ2) is 2.20. The highest BCUT2D eigenvalue weighted by Gasteiger charge is 2.55. The van der Waals surface area contributed by atoms with Gasteiger partial charge in [0.05, 0.1) is 11.7 Å². The van der Waals surface area contributed by atoms with Crippen LogP contribution in [0, 0.1) is 0 Å². The summed E-state index contributed by atoms with van der Waals surface area (Å²) in [6.45, 7) is 9.10. The SMILES string of the molecule is CC(C)N1CCC2(C)OC2C1. The Morgan fingerprint density at radius 2 is 2.27 bits per heavy atom. The number of hydrogen-bond acceptors (Lipinski definition) is 2. The fraction of sp³-hybridized carbons (Fsp3) is 1.00. The number of epoxide rings is 1. The van der Waals surface area contributed by atoms with Crippen molar-refractivity contribution in [3.63, 3.8) is 0 Å². The van der Waals surface area contributed by atoms with Crippen LogP contribution >= 0.6 is 0 Å². The van der Waals surface area contributed by atoms with E-state index in [9.17, 15) is 0 Å². The summed E-state index contributed by atoms with van der Waals surface area (Å²) in [5, 5.41) is 0. The standard InChI is InChI=1S/C9H17NO/c1-7(2)10-5-4-9(3)8(6-10)11-9/h7-8H,4-6H2,1-3H3. The normalized spacial score (nSPS) is 44.2. The Balaban J connectivity index is 1.93. The van der Waals surface area contributed by atoms with Crippen LogP contribution in [0.5, 0.6) is 0 Å². The van der Waals surface area contributed by atoms with Gasteiger partial charge in [-0.15, -0.1) is 0 Å². The molecule has 2 aliphatic heterocycles. The van der Waals surface area contributed by atoms with Crippen molar-refractivity contribution in [1.82, 2.24) is 4.90 Å². The van der Waals surface area contributed by atoms with Gasteiger partial charge in [-0.1, -0.05) is 0 Å². The minimum atomic E-state index is 0.269. The van der Waals surface area contributed by atoms with Gasteiger partial charge >= 0.3 is 0 Å². The Labute approximate surface area is 68.5 Å². The average molecular weight is 155 g/mol.